The molecule has 198 valence electrons. The molecule has 0 amide bonds. The third-order valence-corrected chi connectivity index (χ3v) is 9.45. The number of methoxy groups -OCH3 is 1. The first kappa shape index (κ1) is 27.1. The minimum Gasteiger partial charge on any atom is -0.497 e. The number of fused-ring (bicyclic) bond motifs is 1. The zero-order valence-electron chi connectivity index (χ0n) is 21.2. The molecule has 0 spiro atoms. The minimum absolute atomic E-state index is 0.0469. The number of carboxylic acid groups (broad SMARTS) is 1. The van der Waals surface area contributed by atoms with E-state index in [0.29, 0.717) is 28.6 Å². The Morgan fingerprint density at radius 3 is 2.72 bits per heavy atom. The maximum Gasteiger partial charge on any atom is 0.303 e. The fourth-order valence-corrected chi connectivity index (χ4v) is 7.27. The van der Waals surface area contributed by atoms with Crippen LogP contribution in [0.5, 0.6) is 5.75 Å². The summed E-state index contributed by atoms with van der Waals surface area (Å²) in [5, 5.41) is 11.0. The van der Waals surface area contributed by atoms with Gasteiger partial charge >= 0.3 is 5.97 Å². The number of hydrogen-bond donors (Lipinski definition) is 1. The summed E-state index contributed by atoms with van der Waals surface area (Å²) < 4.78 is 34.9. The number of carbonyl (C=O) groups is 1. The fraction of sp³-hybridized carbons (Fsp3) is 0.643. The number of alkyl halides is 2. The van der Waals surface area contributed by atoms with Crippen molar-refractivity contribution in [2.45, 2.75) is 75.9 Å². The second-order valence-corrected chi connectivity index (χ2v) is 11.8. The van der Waals surface area contributed by atoms with Gasteiger partial charge in [0.2, 0.25) is 0 Å². The van der Waals surface area contributed by atoms with Crippen molar-refractivity contribution in [2.75, 3.05) is 32.5 Å². The number of hydrogen-bond acceptors (Lipinski definition) is 5. The summed E-state index contributed by atoms with van der Waals surface area (Å²) in [6.07, 6.45) is 7.55. The summed E-state index contributed by atoms with van der Waals surface area (Å²) in [5.41, 5.74) is 0.717. The minimum atomic E-state index is -1.40. The number of aromatic nitrogens is 1. The Morgan fingerprint density at radius 2 is 2.06 bits per heavy atom. The number of nitrogens with zero attached hydrogens (tertiary/aromatic N) is 2. The highest BCUT2D eigenvalue weighted by molar-refractivity contribution is 7.99. The largest absolute Gasteiger partial charge is 0.497 e. The van der Waals surface area contributed by atoms with Gasteiger partial charge in [0.25, 0.3) is 0 Å². The normalized spacial score (nSPS) is 19.5. The van der Waals surface area contributed by atoms with Crippen molar-refractivity contribution in [2.24, 2.45) is 5.41 Å². The van der Waals surface area contributed by atoms with Gasteiger partial charge in [-0.25, -0.2) is 8.78 Å². The molecule has 1 saturated heterocycles. The van der Waals surface area contributed by atoms with Crippen LogP contribution in [-0.2, 0) is 11.5 Å². The molecule has 0 bridgehead atoms. The highest BCUT2D eigenvalue weighted by Crippen LogP contribution is 2.43. The van der Waals surface area contributed by atoms with Crippen LogP contribution in [0.3, 0.4) is 0 Å². The molecule has 2 aliphatic rings. The van der Waals surface area contributed by atoms with Crippen molar-refractivity contribution in [1.29, 1.82) is 0 Å². The molecule has 0 radical (unpaired) electrons. The Morgan fingerprint density at radius 1 is 1.31 bits per heavy atom. The zero-order chi connectivity index (χ0) is 25.5. The van der Waals surface area contributed by atoms with E-state index < -0.39 is 24.2 Å². The van der Waals surface area contributed by atoms with Gasteiger partial charge in [0.1, 0.15) is 18.6 Å². The lowest BCUT2D eigenvalue weighted by atomic mass is 9.71. The first-order chi connectivity index (χ1) is 17.4. The Hall–Kier alpha value is -1.93. The van der Waals surface area contributed by atoms with Crippen LogP contribution in [0.1, 0.15) is 75.1 Å². The van der Waals surface area contributed by atoms with Crippen molar-refractivity contribution >= 4 is 28.6 Å². The Balaban J connectivity index is 1.41. The van der Waals surface area contributed by atoms with Gasteiger partial charge in [0, 0.05) is 40.3 Å². The van der Waals surface area contributed by atoms with E-state index in [4.69, 9.17) is 4.74 Å². The van der Waals surface area contributed by atoms with E-state index in [1.807, 2.05) is 0 Å². The molecule has 1 saturated carbocycles. The van der Waals surface area contributed by atoms with Crippen LogP contribution in [0.4, 0.5) is 8.78 Å². The van der Waals surface area contributed by atoms with Gasteiger partial charge in [0.05, 0.1) is 19.0 Å². The number of piperidine rings is 1. The molecule has 2 aromatic rings. The van der Waals surface area contributed by atoms with Gasteiger partial charge in [-0.3, -0.25) is 9.78 Å². The van der Waals surface area contributed by atoms with Crippen LogP contribution in [-0.4, -0.2) is 58.7 Å². The van der Waals surface area contributed by atoms with Crippen molar-refractivity contribution < 1.29 is 23.4 Å². The van der Waals surface area contributed by atoms with Crippen LogP contribution >= 0.6 is 11.8 Å². The quantitative estimate of drug-likeness (QED) is 0.335. The summed E-state index contributed by atoms with van der Waals surface area (Å²) >= 11 is 2.08. The number of pyridine rings is 1. The van der Waals surface area contributed by atoms with Gasteiger partial charge < -0.3 is 14.7 Å². The second-order valence-electron chi connectivity index (χ2n) is 10.4. The summed E-state index contributed by atoms with van der Waals surface area (Å²) in [6, 6.07) is 5.21. The highest BCUT2D eigenvalue weighted by Gasteiger charge is 2.37. The molecule has 8 heteroatoms. The molecule has 0 unspecified atom stereocenters. The fourth-order valence-electron chi connectivity index (χ4n) is 5.90. The third-order valence-electron chi connectivity index (χ3n) is 8.09. The van der Waals surface area contributed by atoms with Crippen molar-refractivity contribution in [3.8, 4) is 5.75 Å². The number of rotatable bonds is 12. The number of thioether (sulfide) groups is 1. The molecule has 1 aromatic carbocycles. The molecule has 1 aliphatic heterocycles. The van der Waals surface area contributed by atoms with E-state index in [-0.39, 0.29) is 18.4 Å². The summed E-state index contributed by atoms with van der Waals surface area (Å²) in [5.74, 6) is 0.849. The van der Waals surface area contributed by atoms with Gasteiger partial charge in [-0.2, -0.15) is 11.8 Å². The zero-order valence-corrected chi connectivity index (χ0v) is 22.0. The Kier molecular flexibility index (Phi) is 9.45. The van der Waals surface area contributed by atoms with E-state index in [2.05, 4.69) is 21.6 Å². The SMILES string of the molecule is COc1ccc2ncc(CF)c([C@@H](F)CCC3(CC(=O)O)CCN(CCSC4CCCC4)CC3)c2c1. The van der Waals surface area contributed by atoms with Gasteiger partial charge in [0.15, 0.2) is 0 Å². The van der Waals surface area contributed by atoms with Crippen LogP contribution in [0.15, 0.2) is 24.4 Å². The molecule has 4 rings (SSSR count). The molecule has 2 fully saturated rings. The smallest absolute Gasteiger partial charge is 0.303 e. The number of aliphatic carboxylic acids is 1. The maximum atomic E-state index is 15.8. The number of likely N-dealkylation sites (tertiary alicyclic amines) is 1. The Labute approximate surface area is 217 Å². The second kappa shape index (κ2) is 12.5. The lowest BCUT2D eigenvalue weighted by Crippen LogP contribution is -2.42. The number of benzene rings is 1. The molecule has 1 N–H and O–H groups in total. The predicted molar refractivity (Wildman–Crippen MR) is 141 cm³/mol. The van der Waals surface area contributed by atoms with Crippen molar-refractivity contribution in [3.05, 3.63) is 35.5 Å². The monoisotopic (exact) mass is 520 g/mol. The molecule has 5 nitrogen and oxygen atoms in total. The molecule has 2 heterocycles. The van der Waals surface area contributed by atoms with Gasteiger partial charge in [-0.05, 0) is 75.2 Å². The topological polar surface area (TPSA) is 62.7 Å². The average Bonchev–Trinajstić information content (AvgIpc) is 3.40. The van der Waals surface area contributed by atoms with Crippen molar-refractivity contribution in [3.63, 3.8) is 0 Å². The van der Waals surface area contributed by atoms with Crippen LogP contribution in [0.25, 0.3) is 10.9 Å². The molecular formula is C28H38F2N2O3S. The first-order valence-corrected chi connectivity index (χ1v) is 14.2. The summed E-state index contributed by atoms with van der Waals surface area (Å²) in [4.78, 5) is 18.5. The van der Waals surface area contributed by atoms with E-state index >= 15 is 4.39 Å². The molecular weight excluding hydrogens is 482 g/mol. The van der Waals surface area contributed by atoms with Crippen molar-refractivity contribution in [1.82, 2.24) is 9.88 Å². The molecule has 1 aromatic heterocycles. The number of ether oxygens (including phenoxy) is 1. The van der Waals surface area contributed by atoms with E-state index in [0.717, 1.165) is 43.5 Å². The highest BCUT2D eigenvalue weighted by atomic mass is 32.2. The van der Waals surface area contributed by atoms with E-state index in [1.165, 1.54) is 39.0 Å². The van der Waals surface area contributed by atoms with Gasteiger partial charge in [-0.15, -0.1) is 0 Å². The van der Waals surface area contributed by atoms with Gasteiger partial charge in [-0.1, -0.05) is 12.8 Å². The number of halogens is 2. The molecule has 1 aliphatic carbocycles. The lowest BCUT2D eigenvalue weighted by molar-refractivity contribution is -0.141. The predicted octanol–water partition coefficient (Wildman–Crippen LogP) is 6.74. The number of carboxylic acids is 1. The summed E-state index contributed by atoms with van der Waals surface area (Å²) in [7, 11) is 1.54. The lowest BCUT2D eigenvalue weighted by Gasteiger charge is -2.41. The van der Waals surface area contributed by atoms with Crippen LogP contribution < -0.4 is 4.74 Å². The molecule has 1 atom stereocenters. The van der Waals surface area contributed by atoms with E-state index in [9.17, 15) is 14.3 Å². The standard InChI is InChI=1S/C28H38F2N2O3S/c1-35-21-6-7-25-23(16-21)27(20(18-29)19-31-25)24(30)8-9-28(17-26(33)34)10-12-32(13-11-28)14-15-36-22-4-2-3-5-22/h6-7,16,19,22,24H,2-5,8-15,17-18H2,1H3,(H,33,34)/t24-/m0/s1. The van der Waals surface area contributed by atoms with Crippen LogP contribution in [0, 0.1) is 5.41 Å². The third kappa shape index (κ3) is 6.68. The van der Waals surface area contributed by atoms with E-state index in [1.54, 1.807) is 18.2 Å². The van der Waals surface area contributed by atoms with Crippen LogP contribution in [0.2, 0.25) is 0 Å². The molecule has 36 heavy (non-hydrogen) atoms. The Bertz CT molecular complexity index is 1020. The average molecular weight is 521 g/mol. The maximum absolute atomic E-state index is 15.8. The summed E-state index contributed by atoms with van der Waals surface area (Å²) in [6.45, 7) is 1.92. The first-order valence-electron chi connectivity index (χ1n) is 13.1.